The second-order valence-corrected chi connectivity index (χ2v) is 6.58. The number of methoxy groups -OCH3 is 1. The molecule has 0 saturated carbocycles. The van der Waals surface area contributed by atoms with Gasteiger partial charge in [0.1, 0.15) is 5.75 Å². The van der Waals surface area contributed by atoms with Gasteiger partial charge in [-0.1, -0.05) is 15.9 Å². The lowest BCUT2D eigenvalue weighted by Gasteiger charge is -2.33. The topological polar surface area (TPSA) is 29.5 Å². The van der Waals surface area contributed by atoms with Gasteiger partial charge in [-0.3, -0.25) is 4.79 Å². The van der Waals surface area contributed by atoms with Crippen LogP contribution in [0, 0.1) is 0 Å². The Morgan fingerprint density at radius 3 is 2.74 bits per heavy atom. The molecule has 0 unspecified atom stereocenters. The van der Waals surface area contributed by atoms with Crippen molar-refractivity contribution in [1.82, 2.24) is 4.90 Å². The van der Waals surface area contributed by atoms with Gasteiger partial charge in [0.15, 0.2) is 0 Å². The third kappa shape index (κ3) is 3.14. The molecule has 1 atom stereocenters. The lowest BCUT2D eigenvalue weighted by atomic mass is 10.0. The Morgan fingerprint density at radius 2 is 2.11 bits per heavy atom. The molecule has 1 aliphatic heterocycles. The third-order valence-corrected chi connectivity index (χ3v) is 4.55. The molecule has 1 amide bonds. The number of hydrogen-bond acceptors (Lipinski definition) is 2. The maximum Gasteiger partial charge on any atom is 0.257 e. The van der Waals surface area contributed by atoms with Crippen molar-refractivity contribution in [2.24, 2.45) is 0 Å². The molecule has 3 nitrogen and oxygen atoms in total. The average molecular weight is 391 g/mol. The second-order valence-electron chi connectivity index (χ2n) is 4.81. The summed E-state index contributed by atoms with van der Waals surface area (Å²) in [6, 6.07) is 4.01. The van der Waals surface area contributed by atoms with Crippen molar-refractivity contribution >= 4 is 37.8 Å². The first-order valence-corrected chi connectivity index (χ1v) is 7.97. The summed E-state index contributed by atoms with van der Waals surface area (Å²) in [6.07, 6.45) is 3.35. The molecule has 2 rings (SSSR count). The highest BCUT2D eigenvalue weighted by Crippen LogP contribution is 2.34. The number of halogens is 2. The van der Waals surface area contributed by atoms with Crippen molar-refractivity contribution in [2.75, 3.05) is 13.7 Å². The molecule has 104 valence electrons. The summed E-state index contributed by atoms with van der Waals surface area (Å²) >= 11 is 6.87. The predicted molar refractivity (Wildman–Crippen MR) is 82.7 cm³/mol. The van der Waals surface area contributed by atoms with Gasteiger partial charge in [0.25, 0.3) is 5.91 Å². The van der Waals surface area contributed by atoms with Crippen molar-refractivity contribution in [3.63, 3.8) is 0 Å². The quantitative estimate of drug-likeness (QED) is 0.755. The Kier molecular flexibility index (Phi) is 4.90. The van der Waals surface area contributed by atoms with Gasteiger partial charge in [-0.05, 0) is 54.2 Å². The van der Waals surface area contributed by atoms with Gasteiger partial charge in [0.05, 0.1) is 17.1 Å². The number of amides is 1. The Morgan fingerprint density at radius 1 is 1.37 bits per heavy atom. The van der Waals surface area contributed by atoms with Crippen LogP contribution in [0.1, 0.15) is 36.5 Å². The monoisotopic (exact) mass is 389 g/mol. The SMILES string of the molecule is COc1c(Br)cc(Br)cc1C(=O)N1CCCC[C@H]1C. The lowest BCUT2D eigenvalue weighted by molar-refractivity contribution is 0.0632. The van der Waals surface area contributed by atoms with E-state index < -0.39 is 0 Å². The van der Waals surface area contributed by atoms with E-state index >= 15 is 0 Å². The van der Waals surface area contributed by atoms with Crippen LogP contribution in [-0.4, -0.2) is 30.5 Å². The molecule has 5 heteroatoms. The molecule has 1 aromatic carbocycles. The normalized spacial score (nSPS) is 19.4. The van der Waals surface area contributed by atoms with Crippen molar-refractivity contribution in [1.29, 1.82) is 0 Å². The van der Waals surface area contributed by atoms with Crippen LogP contribution in [0.2, 0.25) is 0 Å². The molecule has 0 aliphatic carbocycles. The van der Waals surface area contributed by atoms with Crippen LogP contribution in [0.5, 0.6) is 5.75 Å². The van der Waals surface area contributed by atoms with E-state index in [0.29, 0.717) is 17.4 Å². The average Bonchev–Trinajstić information content (AvgIpc) is 2.37. The van der Waals surface area contributed by atoms with E-state index in [2.05, 4.69) is 38.8 Å². The minimum absolute atomic E-state index is 0.0473. The van der Waals surface area contributed by atoms with Gasteiger partial charge >= 0.3 is 0 Å². The Hall–Kier alpha value is -0.550. The summed E-state index contributed by atoms with van der Waals surface area (Å²) < 4.78 is 7.02. The zero-order valence-electron chi connectivity index (χ0n) is 11.1. The zero-order chi connectivity index (χ0) is 14.0. The van der Waals surface area contributed by atoms with Gasteiger partial charge in [0, 0.05) is 17.1 Å². The van der Waals surface area contributed by atoms with Crippen LogP contribution >= 0.6 is 31.9 Å². The van der Waals surface area contributed by atoms with E-state index in [-0.39, 0.29) is 5.91 Å². The third-order valence-electron chi connectivity index (χ3n) is 3.51. The molecule has 0 aromatic heterocycles. The molecule has 1 fully saturated rings. The number of hydrogen-bond donors (Lipinski definition) is 0. The summed E-state index contributed by atoms with van der Waals surface area (Å²) in [5.74, 6) is 0.650. The minimum atomic E-state index is 0.0473. The Labute approximate surface area is 130 Å². The maximum atomic E-state index is 12.7. The zero-order valence-corrected chi connectivity index (χ0v) is 14.3. The lowest BCUT2D eigenvalue weighted by Crippen LogP contribution is -2.42. The van der Waals surface area contributed by atoms with E-state index in [0.717, 1.165) is 28.3 Å². The molecule has 1 heterocycles. The molecule has 1 aromatic rings. The molecule has 1 aliphatic rings. The van der Waals surface area contributed by atoms with Crippen molar-refractivity contribution in [3.8, 4) is 5.75 Å². The minimum Gasteiger partial charge on any atom is -0.495 e. The van der Waals surface area contributed by atoms with E-state index in [1.165, 1.54) is 6.42 Å². The van der Waals surface area contributed by atoms with Crippen molar-refractivity contribution < 1.29 is 9.53 Å². The first-order valence-electron chi connectivity index (χ1n) is 6.38. The fourth-order valence-electron chi connectivity index (χ4n) is 2.48. The van der Waals surface area contributed by atoms with E-state index in [1.807, 2.05) is 17.0 Å². The molecule has 0 spiro atoms. The van der Waals surface area contributed by atoms with Crippen LogP contribution in [0.15, 0.2) is 21.1 Å². The number of likely N-dealkylation sites (tertiary alicyclic amines) is 1. The van der Waals surface area contributed by atoms with Gasteiger partial charge in [-0.25, -0.2) is 0 Å². The molecular formula is C14H17Br2NO2. The highest BCUT2D eigenvalue weighted by Gasteiger charge is 2.27. The number of ether oxygens (including phenoxy) is 1. The van der Waals surface area contributed by atoms with E-state index in [9.17, 15) is 4.79 Å². The largest absolute Gasteiger partial charge is 0.495 e. The van der Waals surface area contributed by atoms with Crippen molar-refractivity contribution in [2.45, 2.75) is 32.2 Å². The Bertz CT molecular complexity index is 491. The summed E-state index contributed by atoms with van der Waals surface area (Å²) in [5.41, 5.74) is 0.609. The standard InChI is InChI=1S/C14H17Br2NO2/c1-9-5-3-4-6-17(9)14(18)11-7-10(15)8-12(16)13(11)19-2/h7-9H,3-6H2,1-2H3/t9-/m1/s1. The highest BCUT2D eigenvalue weighted by molar-refractivity contribution is 9.11. The number of piperidine rings is 1. The number of carbonyl (C=O) groups is 1. The molecule has 0 bridgehead atoms. The fourth-order valence-corrected chi connectivity index (χ4v) is 3.87. The summed E-state index contributed by atoms with van der Waals surface area (Å²) in [5, 5.41) is 0. The molecule has 0 radical (unpaired) electrons. The molecule has 1 saturated heterocycles. The van der Waals surface area contributed by atoms with Crippen LogP contribution in [0.4, 0.5) is 0 Å². The van der Waals surface area contributed by atoms with Gasteiger partial charge < -0.3 is 9.64 Å². The summed E-state index contributed by atoms with van der Waals surface area (Å²) in [6.45, 7) is 2.93. The van der Waals surface area contributed by atoms with Crippen LogP contribution in [0.25, 0.3) is 0 Å². The molecular weight excluding hydrogens is 374 g/mol. The maximum absolute atomic E-state index is 12.7. The number of carbonyl (C=O) groups excluding carboxylic acids is 1. The summed E-state index contributed by atoms with van der Waals surface area (Å²) in [7, 11) is 1.59. The highest BCUT2D eigenvalue weighted by atomic mass is 79.9. The smallest absolute Gasteiger partial charge is 0.257 e. The number of rotatable bonds is 2. The number of nitrogens with zero attached hydrogens (tertiary/aromatic N) is 1. The number of benzene rings is 1. The van der Waals surface area contributed by atoms with Crippen LogP contribution in [0.3, 0.4) is 0 Å². The van der Waals surface area contributed by atoms with E-state index in [1.54, 1.807) is 7.11 Å². The van der Waals surface area contributed by atoms with Gasteiger partial charge in [-0.2, -0.15) is 0 Å². The Balaban J connectivity index is 2.37. The fraction of sp³-hybridized carbons (Fsp3) is 0.500. The van der Waals surface area contributed by atoms with Gasteiger partial charge in [0.2, 0.25) is 0 Å². The van der Waals surface area contributed by atoms with Crippen LogP contribution in [-0.2, 0) is 0 Å². The first kappa shape index (κ1) is 14.9. The molecule has 19 heavy (non-hydrogen) atoms. The molecule has 0 N–H and O–H groups in total. The second kappa shape index (κ2) is 6.27. The predicted octanol–water partition coefficient (Wildman–Crippen LogP) is 4.23. The van der Waals surface area contributed by atoms with Crippen molar-refractivity contribution in [3.05, 3.63) is 26.6 Å². The first-order chi connectivity index (χ1) is 9.04. The van der Waals surface area contributed by atoms with Gasteiger partial charge in [-0.15, -0.1) is 0 Å². The van der Waals surface area contributed by atoms with E-state index in [4.69, 9.17) is 4.74 Å². The summed E-state index contributed by atoms with van der Waals surface area (Å²) in [4.78, 5) is 14.6. The van der Waals surface area contributed by atoms with Crippen LogP contribution < -0.4 is 4.74 Å².